The molecule has 5 nitrogen and oxygen atoms in total. The highest BCUT2D eigenvalue weighted by Gasteiger charge is 2.16. The second-order valence-corrected chi connectivity index (χ2v) is 5.48. The molecule has 1 atom stereocenters. The molecule has 0 radical (unpaired) electrons. The highest BCUT2D eigenvalue weighted by atomic mass is 16.5. The van der Waals surface area contributed by atoms with Crippen molar-refractivity contribution in [2.75, 3.05) is 13.7 Å². The van der Waals surface area contributed by atoms with Crippen LogP contribution in [0.25, 0.3) is 21.7 Å². The number of hydrogen-bond donors (Lipinski definition) is 1. The largest absolute Gasteiger partial charge is 0.422 e. The lowest BCUT2D eigenvalue weighted by Gasteiger charge is -2.12. The molecule has 0 aliphatic heterocycles. The van der Waals surface area contributed by atoms with Gasteiger partial charge in [-0.15, -0.1) is 0 Å². The third kappa shape index (κ3) is 2.96. The molecule has 118 valence electrons. The fourth-order valence-corrected chi connectivity index (χ4v) is 2.62. The van der Waals surface area contributed by atoms with Gasteiger partial charge in [0.25, 0.3) is 5.91 Å². The molecule has 0 saturated carbocycles. The van der Waals surface area contributed by atoms with Gasteiger partial charge in [0.05, 0.1) is 6.61 Å². The summed E-state index contributed by atoms with van der Waals surface area (Å²) in [7, 11) is 1.55. The Labute approximate surface area is 132 Å². The minimum atomic E-state index is -0.644. The van der Waals surface area contributed by atoms with E-state index in [4.69, 9.17) is 9.15 Å². The van der Waals surface area contributed by atoms with E-state index in [0.717, 1.165) is 16.2 Å². The summed E-state index contributed by atoms with van der Waals surface area (Å²) in [5.74, 6) is -0.460. The van der Waals surface area contributed by atoms with Crippen LogP contribution in [0.4, 0.5) is 0 Å². The molecule has 0 bridgehead atoms. The third-order valence-corrected chi connectivity index (χ3v) is 3.68. The lowest BCUT2D eigenvalue weighted by atomic mass is 10.0. The molecular weight excluding hydrogens is 294 g/mol. The number of nitrogens with one attached hydrogen (secondary N) is 1. The number of hydrogen-bond acceptors (Lipinski definition) is 4. The number of ether oxygens (including phenoxy) is 1. The fourth-order valence-electron chi connectivity index (χ4n) is 2.62. The van der Waals surface area contributed by atoms with E-state index in [1.165, 1.54) is 0 Å². The lowest BCUT2D eigenvalue weighted by Crippen LogP contribution is -2.37. The zero-order valence-corrected chi connectivity index (χ0v) is 13.0. The van der Waals surface area contributed by atoms with Gasteiger partial charge in [0.15, 0.2) is 0 Å². The Hall–Kier alpha value is -2.66. The van der Waals surface area contributed by atoms with E-state index in [9.17, 15) is 9.59 Å². The van der Waals surface area contributed by atoms with Crippen LogP contribution in [0.2, 0.25) is 0 Å². The number of carbonyl (C=O) groups excluding carboxylic acids is 1. The van der Waals surface area contributed by atoms with Gasteiger partial charge in [0.1, 0.15) is 11.1 Å². The Bertz CT molecular complexity index is 929. The van der Waals surface area contributed by atoms with Crippen LogP contribution in [0.1, 0.15) is 17.3 Å². The molecule has 0 spiro atoms. The molecule has 3 rings (SSSR count). The van der Waals surface area contributed by atoms with E-state index in [0.29, 0.717) is 12.2 Å². The average Bonchev–Trinajstić information content (AvgIpc) is 2.54. The molecule has 5 heteroatoms. The molecule has 2 aromatic carbocycles. The maximum atomic E-state index is 12.3. The monoisotopic (exact) mass is 311 g/mol. The Balaban J connectivity index is 2.10. The minimum absolute atomic E-state index is 0.00296. The molecule has 3 aromatic rings. The molecule has 0 fully saturated rings. The van der Waals surface area contributed by atoms with Crippen molar-refractivity contribution in [1.29, 1.82) is 0 Å². The summed E-state index contributed by atoms with van der Waals surface area (Å²) in [5.41, 5.74) is -0.179. The van der Waals surface area contributed by atoms with Gasteiger partial charge in [-0.05, 0) is 29.8 Å². The first-order valence-electron chi connectivity index (χ1n) is 7.35. The first kappa shape index (κ1) is 15.2. The molecule has 1 aromatic heterocycles. The number of rotatable bonds is 4. The first-order chi connectivity index (χ1) is 11.1. The van der Waals surface area contributed by atoms with E-state index in [1.807, 2.05) is 30.3 Å². The van der Waals surface area contributed by atoms with Gasteiger partial charge in [-0.2, -0.15) is 0 Å². The molecule has 0 saturated heterocycles. The highest BCUT2D eigenvalue weighted by Crippen LogP contribution is 2.24. The number of benzene rings is 2. The van der Waals surface area contributed by atoms with Crippen LogP contribution in [0.5, 0.6) is 0 Å². The van der Waals surface area contributed by atoms with Gasteiger partial charge >= 0.3 is 5.63 Å². The predicted molar refractivity (Wildman–Crippen MR) is 88.8 cm³/mol. The quantitative estimate of drug-likeness (QED) is 0.594. The van der Waals surface area contributed by atoms with Crippen molar-refractivity contribution in [3.05, 3.63) is 58.4 Å². The average molecular weight is 311 g/mol. The predicted octanol–water partition coefficient (Wildman–Crippen LogP) is 2.71. The smallest absolute Gasteiger partial charge is 0.349 e. The van der Waals surface area contributed by atoms with Crippen LogP contribution in [0.15, 0.2) is 51.7 Å². The molecule has 0 aliphatic carbocycles. The Kier molecular flexibility index (Phi) is 4.12. The van der Waals surface area contributed by atoms with Crippen LogP contribution in [-0.4, -0.2) is 25.7 Å². The molecule has 0 aliphatic rings. The Morgan fingerprint density at radius 1 is 1.22 bits per heavy atom. The molecule has 0 unspecified atom stereocenters. The number of carbonyl (C=O) groups is 1. The Morgan fingerprint density at radius 2 is 2.00 bits per heavy atom. The van der Waals surface area contributed by atoms with Crippen molar-refractivity contribution in [2.24, 2.45) is 0 Å². The van der Waals surface area contributed by atoms with Gasteiger partial charge in [0.2, 0.25) is 0 Å². The standard InChI is InChI=1S/C18H17NO4/c1-11(10-22-2)19-17(20)15-9-14-13-6-4-3-5-12(13)7-8-16(14)23-18(15)21/h3-9,11H,10H2,1-2H3,(H,19,20)/t11-/m1/s1. The SMILES string of the molecule is COC[C@@H](C)NC(=O)c1cc2c(ccc3ccccc32)oc1=O. The van der Waals surface area contributed by atoms with E-state index in [2.05, 4.69) is 5.32 Å². The maximum absolute atomic E-state index is 12.3. The second-order valence-electron chi connectivity index (χ2n) is 5.48. The van der Waals surface area contributed by atoms with Crippen molar-refractivity contribution in [3.8, 4) is 0 Å². The van der Waals surface area contributed by atoms with E-state index in [-0.39, 0.29) is 11.6 Å². The van der Waals surface area contributed by atoms with Crippen LogP contribution in [0, 0.1) is 0 Å². The minimum Gasteiger partial charge on any atom is -0.422 e. The van der Waals surface area contributed by atoms with E-state index >= 15 is 0 Å². The van der Waals surface area contributed by atoms with Gasteiger partial charge in [0, 0.05) is 18.5 Å². The molecule has 1 heterocycles. The van der Waals surface area contributed by atoms with Crippen LogP contribution < -0.4 is 10.9 Å². The fraction of sp³-hybridized carbons (Fsp3) is 0.222. The molecular formula is C18H17NO4. The summed E-state index contributed by atoms with van der Waals surface area (Å²) in [5, 5.41) is 5.43. The van der Waals surface area contributed by atoms with E-state index in [1.54, 1.807) is 26.2 Å². The molecule has 1 N–H and O–H groups in total. The van der Waals surface area contributed by atoms with Crippen molar-refractivity contribution in [1.82, 2.24) is 5.32 Å². The van der Waals surface area contributed by atoms with Gasteiger partial charge < -0.3 is 14.5 Å². The molecule has 23 heavy (non-hydrogen) atoms. The van der Waals surface area contributed by atoms with Crippen molar-refractivity contribution in [3.63, 3.8) is 0 Å². The van der Waals surface area contributed by atoms with Crippen molar-refractivity contribution >= 4 is 27.6 Å². The van der Waals surface area contributed by atoms with Gasteiger partial charge in [-0.25, -0.2) is 4.79 Å². The molecule has 1 amide bonds. The topological polar surface area (TPSA) is 68.5 Å². The zero-order chi connectivity index (χ0) is 16.4. The first-order valence-corrected chi connectivity index (χ1v) is 7.35. The number of fused-ring (bicyclic) bond motifs is 3. The van der Waals surface area contributed by atoms with Crippen LogP contribution in [-0.2, 0) is 4.74 Å². The summed E-state index contributed by atoms with van der Waals surface area (Å²) >= 11 is 0. The maximum Gasteiger partial charge on any atom is 0.349 e. The second kappa shape index (κ2) is 6.22. The summed E-state index contributed by atoms with van der Waals surface area (Å²) in [6, 6.07) is 12.8. The Morgan fingerprint density at radius 3 is 2.78 bits per heavy atom. The summed E-state index contributed by atoms with van der Waals surface area (Å²) in [6.45, 7) is 2.17. The highest BCUT2D eigenvalue weighted by molar-refractivity contribution is 6.07. The third-order valence-electron chi connectivity index (χ3n) is 3.68. The summed E-state index contributed by atoms with van der Waals surface area (Å²) < 4.78 is 10.3. The zero-order valence-electron chi connectivity index (χ0n) is 13.0. The van der Waals surface area contributed by atoms with Crippen molar-refractivity contribution < 1.29 is 13.9 Å². The lowest BCUT2D eigenvalue weighted by molar-refractivity contribution is 0.0902. The number of methoxy groups -OCH3 is 1. The van der Waals surface area contributed by atoms with E-state index < -0.39 is 11.5 Å². The number of amides is 1. The van der Waals surface area contributed by atoms with Gasteiger partial charge in [-0.3, -0.25) is 4.79 Å². The normalized spacial score (nSPS) is 12.4. The van der Waals surface area contributed by atoms with Crippen LogP contribution >= 0.6 is 0 Å². The van der Waals surface area contributed by atoms with Gasteiger partial charge in [-0.1, -0.05) is 30.3 Å². The summed E-state index contributed by atoms with van der Waals surface area (Å²) in [4.78, 5) is 24.4. The van der Waals surface area contributed by atoms with Crippen LogP contribution in [0.3, 0.4) is 0 Å². The summed E-state index contributed by atoms with van der Waals surface area (Å²) in [6.07, 6.45) is 0. The van der Waals surface area contributed by atoms with Crippen molar-refractivity contribution in [2.45, 2.75) is 13.0 Å².